The van der Waals surface area contributed by atoms with Crippen LogP contribution in [0.4, 0.5) is 17.6 Å². The van der Waals surface area contributed by atoms with Crippen molar-refractivity contribution in [1.82, 2.24) is 20.4 Å². The molecule has 4 rings (SSSR count). The van der Waals surface area contributed by atoms with Gasteiger partial charge in [0, 0.05) is 17.7 Å². The van der Waals surface area contributed by atoms with Gasteiger partial charge in [0.25, 0.3) is 11.8 Å². The average molecular weight is 604 g/mol. The molecule has 14 heteroatoms. The number of benzene rings is 2. The van der Waals surface area contributed by atoms with Gasteiger partial charge in [-0.2, -0.15) is 18.2 Å². The number of carbonyl (C=O) groups is 1. The molecule has 0 aliphatic rings. The van der Waals surface area contributed by atoms with Crippen molar-refractivity contribution in [2.75, 3.05) is 26.8 Å². The Bertz CT molecular complexity index is 1590. The lowest BCUT2D eigenvalue weighted by Crippen LogP contribution is -2.51. The number of nitrogens with one attached hydrogen (secondary N) is 1. The molecule has 0 fully saturated rings. The highest BCUT2D eigenvalue weighted by Gasteiger charge is 2.56. The summed E-state index contributed by atoms with van der Waals surface area (Å²) in [5.41, 5.74) is 1.98. The minimum absolute atomic E-state index is 0.0379. The van der Waals surface area contributed by atoms with Gasteiger partial charge < -0.3 is 30.2 Å². The number of amides is 1. The number of aromatic nitrogens is 3. The van der Waals surface area contributed by atoms with E-state index in [4.69, 9.17) is 19.7 Å². The molecule has 4 aromatic rings. The van der Waals surface area contributed by atoms with Gasteiger partial charge in [0.15, 0.2) is 5.82 Å². The topological polar surface area (TPSA) is 146 Å². The van der Waals surface area contributed by atoms with Crippen molar-refractivity contribution >= 4 is 5.91 Å². The number of aryl methyl sites for hydroxylation is 2. The van der Waals surface area contributed by atoms with E-state index in [0.29, 0.717) is 17.0 Å². The molecule has 0 aliphatic heterocycles. The number of hydrogen-bond acceptors (Lipinski definition) is 9. The van der Waals surface area contributed by atoms with Gasteiger partial charge in [-0.05, 0) is 67.4 Å². The quantitative estimate of drug-likeness (QED) is 0.213. The highest BCUT2D eigenvalue weighted by molar-refractivity contribution is 5.95. The zero-order chi connectivity index (χ0) is 31.4. The van der Waals surface area contributed by atoms with Gasteiger partial charge in [0.1, 0.15) is 29.6 Å². The number of nitrogens with zero attached hydrogens (tertiary/aromatic N) is 3. The number of halogens is 4. The van der Waals surface area contributed by atoms with Crippen LogP contribution in [0.1, 0.15) is 34.4 Å². The van der Waals surface area contributed by atoms with E-state index in [1.807, 2.05) is 0 Å². The third-order valence-corrected chi connectivity index (χ3v) is 6.53. The fraction of sp³-hybridized carbons (Fsp3) is 0.310. The molecule has 2 aromatic carbocycles. The Kier molecular flexibility index (Phi) is 9.30. The molecule has 228 valence electrons. The van der Waals surface area contributed by atoms with E-state index in [1.54, 1.807) is 13.8 Å². The van der Waals surface area contributed by atoms with Crippen LogP contribution in [-0.2, 0) is 12.0 Å². The van der Waals surface area contributed by atoms with E-state index in [1.165, 1.54) is 37.4 Å². The molecule has 0 saturated heterocycles. The number of methoxy groups -OCH3 is 1. The highest BCUT2D eigenvalue weighted by Crippen LogP contribution is 2.42. The number of carbonyl (C=O) groups excluding carboxylic acids is 1. The number of nitrogens with two attached hydrogens (primary N) is 1. The lowest BCUT2D eigenvalue weighted by molar-refractivity contribution is -0.265. The molecule has 0 bridgehead atoms. The molecule has 1 atom stereocenters. The van der Waals surface area contributed by atoms with E-state index in [0.717, 1.165) is 18.2 Å². The van der Waals surface area contributed by atoms with Crippen molar-refractivity contribution in [3.05, 3.63) is 77.0 Å². The number of ether oxygens (including phenoxy) is 2. The van der Waals surface area contributed by atoms with E-state index < -0.39 is 35.7 Å². The molecule has 4 N–H and O–H groups in total. The average Bonchev–Trinajstić information content (AvgIpc) is 3.43. The van der Waals surface area contributed by atoms with Crippen LogP contribution in [0, 0.1) is 12.7 Å². The standard InChI is InChI=1S/C29H29F4N5O5/c1-4-17-14-23(37-24(25(17)42-12-11-34)18-5-8-20(30)9-6-18)28(40,29(31,32)33)15-35-26(39)19-7-10-21(22(13-19)41-3)27-36-16(2)38-43-27/h5-10,13-14,40H,4,11-12,15,34H2,1-3H3,(H,35,39). The van der Waals surface area contributed by atoms with Gasteiger partial charge in [-0.1, -0.05) is 12.1 Å². The molecule has 0 radical (unpaired) electrons. The van der Waals surface area contributed by atoms with Gasteiger partial charge in [-0.25, -0.2) is 9.37 Å². The molecular weight excluding hydrogens is 574 g/mol. The minimum Gasteiger partial charge on any atom is -0.496 e. The zero-order valence-corrected chi connectivity index (χ0v) is 23.5. The summed E-state index contributed by atoms with van der Waals surface area (Å²) in [6, 6.07) is 10.1. The lowest BCUT2D eigenvalue weighted by atomic mass is 9.94. The number of rotatable bonds is 11. The van der Waals surface area contributed by atoms with Crippen LogP contribution in [-0.4, -0.2) is 59.1 Å². The Balaban J connectivity index is 1.71. The van der Waals surface area contributed by atoms with Crippen molar-refractivity contribution < 1.29 is 41.5 Å². The lowest BCUT2D eigenvalue weighted by Gasteiger charge is -2.31. The summed E-state index contributed by atoms with van der Waals surface area (Å²) in [7, 11) is 1.34. The van der Waals surface area contributed by atoms with Crippen LogP contribution < -0.4 is 20.5 Å². The Hall–Kier alpha value is -4.56. The van der Waals surface area contributed by atoms with Gasteiger partial charge in [-0.15, -0.1) is 0 Å². The maximum Gasteiger partial charge on any atom is 0.424 e. The molecule has 1 unspecified atom stereocenters. The first-order chi connectivity index (χ1) is 20.4. The van der Waals surface area contributed by atoms with Gasteiger partial charge >= 0.3 is 6.18 Å². The van der Waals surface area contributed by atoms with Crippen LogP contribution in [0.3, 0.4) is 0 Å². The maximum absolute atomic E-state index is 14.5. The molecule has 43 heavy (non-hydrogen) atoms. The maximum atomic E-state index is 14.5. The van der Waals surface area contributed by atoms with Gasteiger partial charge in [-0.3, -0.25) is 4.79 Å². The first-order valence-corrected chi connectivity index (χ1v) is 13.1. The third kappa shape index (κ3) is 6.60. The second-order valence-electron chi connectivity index (χ2n) is 9.44. The predicted octanol–water partition coefficient (Wildman–Crippen LogP) is 4.33. The monoisotopic (exact) mass is 603 g/mol. The molecular formula is C29H29F4N5O5. The normalized spacial score (nSPS) is 13.0. The Morgan fingerprint density at radius 2 is 1.84 bits per heavy atom. The first-order valence-electron chi connectivity index (χ1n) is 13.1. The Morgan fingerprint density at radius 1 is 1.12 bits per heavy atom. The highest BCUT2D eigenvalue weighted by atomic mass is 19.4. The van der Waals surface area contributed by atoms with E-state index in [-0.39, 0.29) is 53.8 Å². The summed E-state index contributed by atoms with van der Waals surface area (Å²) >= 11 is 0. The number of pyridine rings is 1. The summed E-state index contributed by atoms with van der Waals surface area (Å²) in [6.07, 6.45) is -5.06. The summed E-state index contributed by atoms with van der Waals surface area (Å²) in [6.45, 7) is 2.18. The van der Waals surface area contributed by atoms with Crippen molar-refractivity contribution in [1.29, 1.82) is 0 Å². The fourth-order valence-electron chi connectivity index (χ4n) is 4.25. The Labute approximate surface area is 243 Å². The van der Waals surface area contributed by atoms with Crippen LogP contribution in [0.15, 0.2) is 53.1 Å². The second-order valence-corrected chi connectivity index (χ2v) is 9.44. The van der Waals surface area contributed by atoms with Crippen LogP contribution in [0.25, 0.3) is 22.7 Å². The molecule has 0 aliphatic carbocycles. The van der Waals surface area contributed by atoms with Crippen LogP contribution in [0.5, 0.6) is 11.5 Å². The number of hydrogen-bond donors (Lipinski definition) is 3. The fourth-order valence-corrected chi connectivity index (χ4v) is 4.25. The van der Waals surface area contributed by atoms with Gasteiger partial charge in [0.2, 0.25) is 5.60 Å². The first kappa shape index (κ1) is 31.4. The summed E-state index contributed by atoms with van der Waals surface area (Å²) < 4.78 is 73.4. The van der Waals surface area contributed by atoms with E-state index in [9.17, 15) is 27.5 Å². The zero-order valence-electron chi connectivity index (χ0n) is 23.5. The van der Waals surface area contributed by atoms with Crippen molar-refractivity contribution in [3.8, 4) is 34.2 Å². The molecule has 0 saturated carbocycles. The second kappa shape index (κ2) is 12.8. The number of aliphatic hydroxyl groups is 1. The van der Waals surface area contributed by atoms with Crippen LogP contribution in [0.2, 0.25) is 0 Å². The summed E-state index contributed by atoms with van der Waals surface area (Å²) in [4.78, 5) is 21.3. The van der Waals surface area contributed by atoms with E-state index in [2.05, 4.69) is 20.4 Å². The summed E-state index contributed by atoms with van der Waals surface area (Å²) in [5, 5.41) is 17.0. The molecule has 2 heterocycles. The largest absolute Gasteiger partial charge is 0.496 e. The number of alkyl halides is 3. The summed E-state index contributed by atoms with van der Waals surface area (Å²) in [5.74, 6) is -0.680. The van der Waals surface area contributed by atoms with E-state index >= 15 is 0 Å². The Morgan fingerprint density at radius 3 is 2.42 bits per heavy atom. The molecule has 0 spiro atoms. The molecule has 2 aromatic heterocycles. The third-order valence-electron chi connectivity index (χ3n) is 6.53. The smallest absolute Gasteiger partial charge is 0.424 e. The van der Waals surface area contributed by atoms with Crippen molar-refractivity contribution in [2.45, 2.75) is 32.0 Å². The molecule has 1 amide bonds. The van der Waals surface area contributed by atoms with Crippen molar-refractivity contribution in [3.63, 3.8) is 0 Å². The molecule has 10 nitrogen and oxygen atoms in total. The van der Waals surface area contributed by atoms with Gasteiger partial charge in [0.05, 0.1) is 24.9 Å². The van der Waals surface area contributed by atoms with Crippen LogP contribution >= 0.6 is 0 Å². The van der Waals surface area contributed by atoms with Crippen molar-refractivity contribution in [2.24, 2.45) is 5.73 Å². The SMILES string of the molecule is CCc1cc(C(O)(CNC(=O)c2ccc(-c3nc(C)no3)c(OC)c2)C(F)(F)F)nc(-c2ccc(F)cc2)c1OCCN. The predicted molar refractivity (Wildman–Crippen MR) is 147 cm³/mol. The minimum atomic E-state index is -5.27.